The van der Waals surface area contributed by atoms with E-state index < -0.39 is 6.04 Å². The number of aldehydes is 1. The third-order valence-electron chi connectivity index (χ3n) is 1.60. The van der Waals surface area contributed by atoms with Gasteiger partial charge in [-0.15, -0.1) is 0 Å². The summed E-state index contributed by atoms with van der Waals surface area (Å²) in [6, 6.07) is -0.650. The van der Waals surface area contributed by atoms with E-state index in [2.05, 4.69) is 10.2 Å². The molecule has 1 unspecified atom stereocenters. The summed E-state index contributed by atoms with van der Waals surface area (Å²) in [5.74, 6) is 0.525. The first kappa shape index (κ1) is 8.58. The molecule has 0 bridgehead atoms. The van der Waals surface area contributed by atoms with Crippen LogP contribution in [0.25, 0.3) is 0 Å². The molecule has 0 aromatic carbocycles. The van der Waals surface area contributed by atoms with Crippen LogP contribution in [0.3, 0.4) is 0 Å². The number of hydrogen-bond acceptors (Lipinski definition) is 4. The lowest BCUT2D eigenvalue weighted by molar-refractivity contribution is -0.108. The Kier molecular flexibility index (Phi) is 2.68. The van der Waals surface area contributed by atoms with Gasteiger partial charge >= 0.3 is 0 Å². The number of nitroso groups, excluding NO2 is 1. The van der Waals surface area contributed by atoms with Gasteiger partial charge in [0.05, 0.1) is 0 Å². The Morgan fingerprint density at radius 3 is 3.00 bits per heavy atom. The highest BCUT2D eigenvalue weighted by Gasteiger charge is 2.15. The number of aryl methyl sites for hydroxylation is 1. The first-order valence-electron chi connectivity index (χ1n) is 3.53. The standard InChI is InChI=1S/C7H9N3O2/c1-10-4-3-8-7(10)6(9-12)2-5-11/h3-6H,2H2,1H3. The summed E-state index contributed by atoms with van der Waals surface area (Å²) in [4.78, 5) is 24.3. The van der Waals surface area contributed by atoms with Crippen molar-refractivity contribution in [3.63, 3.8) is 0 Å². The normalized spacial score (nSPS) is 12.4. The van der Waals surface area contributed by atoms with Crippen LogP contribution < -0.4 is 0 Å². The van der Waals surface area contributed by atoms with E-state index >= 15 is 0 Å². The summed E-state index contributed by atoms with van der Waals surface area (Å²) in [7, 11) is 1.76. The maximum atomic E-state index is 10.3. The van der Waals surface area contributed by atoms with Crippen LogP contribution in [0.15, 0.2) is 17.6 Å². The molecule has 0 fully saturated rings. The van der Waals surface area contributed by atoms with Gasteiger partial charge in [0.2, 0.25) is 0 Å². The van der Waals surface area contributed by atoms with Crippen molar-refractivity contribution >= 4 is 6.29 Å². The van der Waals surface area contributed by atoms with Gasteiger partial charge in [-0.3, -0.25) is 0 Å². The number of hydrogen-bond donors (Lipinski definition) is 0. The van der Waals surface area contributed by atoms with E-state index in [1.54, 1.807) is 24.0 Å². The Balaban J connectivity index is 2.85. The molecule has 1 heterocycles. The largest absolute Gasteiger partial charge is 0.336 e. The Labute approximate surface area is 69.4 Å². The first-order chi connectivity index (χ1) is 5.79. The predicted octanol–water partition coefficient (Wildman–Crippen LogP) is 0.817. The molecular weight excluding hydrogens is 158 g/mol. The molecule has 0 aliphatic heterocycles. The van der Waals surface area contributed by atoms with Gasteiger partial charge in [-0.25, -0.2) is 4.98 Å². The van der Waals surface area contributed by atoms with E-state index in [0.29, 0.717) is 12.1 Å². The third kappa shape index (κ3) is 1.55. The maximum absolute atomic E-state index is 10.3. The molecule has 0 aliphatic carbocycles. The number of rotatable bonds is 4. The van der Waals surface area contributed by atoms with Gasteiger partial charge in [0.15, 0.2) is 6.04 Å². The van der Waals surface area contributed by atoms with Crippen LogP contribution in [0.1, 0.15) is 18.3 Å². The zero-order valence-electron chi connectivity index (χ0n) is 6.67. The lowest BCUT2D eigenvalue weighted by Crippen LogP contribution is -2.03. The summed E-state index contributed by atoms with van der Waals surface area (Å²) in [5.41, 5.74) is 0. The van der Waals surface area contributed by atoms with Crippen molar-refractivity contribution in [2.45, 2.75) is 12.5 Å². The second-order valence-corrected chi connectivity index (χ2v) is 2.42. The molecule has 12 heavy (non-hydrogen) atoms. The summed E-state index contributed by atoms with van der Waals surface area (Å²) in [5, 5.41) is 2.82. The quantitative estimate of drug-likeness (QED) is 0.492. The molecule has 0 saturated carbocycles. The second-order valence-electron chi connectivity index (χ2n) is 2.42. The van der Waals surface area contributed by atoms with Gasteiger partial charge in [0, 0.05) is 25.9 Å². The van der Waals surface area contributed by atoms with Gasteiger partial charge in [0.1, 0.15) is 12.1 Å². The van der Waals surface area contributed by atoms with Crippen molar-refractivity contribution in [2.75, 3.05) is 0 Å². The molecule has 5 nitrogen and oxygen atoms in total. The van der Waals surface area contributed by atoms with Gasteiger partial charge in [-0.1, -0.05) is 5.18 Å². The minimum absolute atomic E-state index is 0.0916. The van der Waals surface area contributed by atoms with Crippen molar-refractivity contribution < 1.29 is 4.79 Å². The Hall–Kier alpha value is -1.52. The molecule has 0 amide bonds. The Morgan fingerprint density at radius 1 is 1.83 bits per heavy atom. The summed E-state index contributed by atoms with van der Waals surface area (Å²) in [6.45, 7) is 0. The first-order valence-corrected chi connectivity index (χ1v) is 3.53. The minimum Gasteiger partial charge on any atom is -0.336 e. The molecule has 0 aliphatic rings. The van der Waals surface area contributed by atoms with Gasteiger partial charge in [-0.2, -0.15) is 4.91 Å². The number of carbonyl (C=O) groups excluding carboxylic acids is 1. The fourth-order valence-corrected chi connectivity index (χ4v) is 0.985. The highest BCUT2D eigenvalue weighted by molar-refractivity contribution is 5.50. The van der Waals surface area contributed by atoms with E-state index in [0.717, 1.165) is 0 Å². The lowest BCUT2D eigenvalue weighted by atomic mass is 10.2. The Bertz CT molecular complexity index is 282. The van der Waals surface area contributed by atoms with Crippen LogP contribution in [-0.2, 0) is 11.8 Å². The second kappa shape index (κ2) is 3.75. The molecule has 0 saturated heterocycles. The molecule has 1 atom stereocenters. The predicted molar refractivity (Wildman–Crippen MR) is 42.4 cm³/mol. The molecule has 1 rings (SSSR count). The van der Waals surface area contributed by atoms with Crippen molar-refractivity contribution in [2.24, 2.45) is 12.2 Å². The lowest BCUT2D eigenvalue weighted by Gasteiger charge is -2.03. The van der Waals surface area contributed by atoms with Crippen molar-refractivity contribution in [1.82, 2.24) is 9.55 Å². The fraction of sp³-hybridized carbons (Fsp3) is 0.429. The summed E-state index contributed by atoms with van der Waals surface area (Å²) < 4.78 is 1.68. The maximum Gasteiger partial charge on any atom is 0.156 e. The SMILES string of the molecule is Cn1ccnc1C(CC=O)N=O. The third-order valence-corrected chi connectivity index (χ3v) is 1.60. The molecule has 5 heteroatoms. The molecule has 1 aromatic rings. The molecular formula is C7H9N3O2. The van der Waals surface area contributed by atoms with Gasteiger partial charge in [-0.05, 0) is 0 Å². The molecule has 1 aromatic heterocycles. The van der Waals surface area contributed by atoms with Crippen LogP contribution in [0.4, 0.5) is 0 Å². The minimum atomic E-state index is -0.650. The van der Waals surface area contributed by atoms with Crippen LogP contribution in [0.2, 0.25) is 0 Å². The highest BCUT2D eigenvalue weighted by Crippen LogP contribution is 2.16. The van der Waals surface area contributed by atoms with Crippen LogP contribution >= 0.6 is 0 Å². The average Bonchev–Trinajstić information content (AvgIpc) is 2.47. The molecule has 0 radical (unpaired) electrons. The van der Waals surface area contributed by atoms with Crippen LogP contribution in [0, 0.1) is 4.91 Å². The van der Waals surface area contributed by atoms with Crippen LogP contribution in [0.5, 0.6) is 0 Å². The highest BCUT2D eigenvalue weighted by atomic mass is 16.3. The monoisotopic (exact) mass is 167 g/mol. The number of aromatic nitrogens is 2. The molecule has 0 N–H and O–H groups in total. The summed E-state index contributed by atoms with van der Waals surface area (Å²) >= 11 is 0. The number of nitrogens with zero attached hydrogens (tertiary/aromatic N) is 3. The van der Waals surface area contributed by atoms with Crippen molar-refractivity contribution in [3.8, 4) is 0 Å². The van der Waals surface area contributed by atoms with Crippen molar-refractivity contribution in [3.05, 3.63) is 23.1 Å². The topological polar surface area (TPSA) is 64.3 Å². The average molecular weight is 167 g/mol. The van der Waals surface area contributed by atoms with E-state index in [1.807, 2.05) is 0 Å². The van der Waals surface area contributed by atoms with E-state index in [4.69, 9.17) is 0 Å². The summed E-state index contributed by atoms with van der Waals surface area (Å²) in [6.07, 6.45) is 4.03. The van der Waals surface area contributed by atoms with Gasteiger partial charge in [0.25, 0.3) is 0 Å². The number of imidazole rings is 1. The molecule has 64 valence electrons. The Morgan fingerprint density at radius 2 is 2.58 bits per heavy atom. The fourth-order valence-electron chi connectivity index (χ4n) is 0.985. The zero-order chi connectivity index (χ0) is 8.97. The van der Waals surface area contributed by atoms with E-state index in [9.17, 15) is 9.70 Å². The smallest absolute Gasteiger partial charge is 0.156 e. The van der Waals surface area contributed by atoms with Crippen LogP contribution in [-0.4, -0.2) is 15.8 Å². The van der Waals surface area contributed by atoms with E-state index in [1.165, 1.54) is 0 Å². The zero-order valence-corrected chi connectivity index (χ0v) is 6.67. The van der Waals surface area contributed by atoms with Crippen molar-refractivity contribution in [1.29, 1.82) is 0 Å². The van der Waals surface area contributed by atoms with E-state index in [-0.39, 0.29) is 6.42 Å². The number of carbonyl (C=O) groups is 1. The molecule has 0 spiro atoms. The van der Waals surface area contributed by atoms with Gasteiger partial charge < -0.3 is 9.36 Å².